The van der Waals surface area contributed by atoms with Gasteiger partial charge in [0, 0.05) is 19.3 Å². The summed E-state index contributed by atoms with van der Waals surface area (Å²) in [5.74, 6) is 1.30. The molecule has 1 fully saturated rings. The van der Waals surface area contributed by atoms with Crippen LogP contribution in [0.1, 0.15) is 44.1 Å². The van der Waals surface area contributed by atoms with Gasteiger partial charge in [-0.2, -0.15) is 0 Å². The molecule has 0 amide bonds. The molecular weight excluding hydrogens is 228 g/mol. The molecule has 96 valence electrons. The fourth-order valence-electron chi connectivity index (χ4n) is 2.81. The summed E-state index contributed by atoms with van der Waals surface area (Å²) in [5.41, 5.74) is 1.14. The van der Waals surface area contributed by atoms with Crippen LogP contribution in [-0.4, -0.2) is 12.1 Å². The molecule has 1 aliphatic heterocycles. The van der Waals surface area contributed by atoms with Crippen molar-refractivity contribution in [1.82, 2.24) is 0 Å². The minimum atomic E-state index is -0.399. The summed E-state index contributed by atoms with van der Waals surface area (Å²) in [5, 5.41) is 0. The molecular formula is C15H18O3. The first-order valence-electron chi connectivity index (χ1n) is 6.76. The predicted molar refractivity (Wildman–Crippen MR) is 67.9 cm³/mol. The van der Waals surface area contributed by atoms with E-state index in [1.807, 2.05) is 18.2 Å². The Morgan fingerprint density at radius 3 is 2.67 bits per heavy atom. The van der Waals surface area contributed by atoms with Crippen LogP contribution < -0.4 is 9.47 Å². The number of aldehydes is 1. The number of hydrogen-bond acceptors (Lipinski definition) is 3. The van der Waals surface area contributed by atoms with E-state index < -0.39 is 5.79 Å². The SMILES string of the molecule is O=CCCc1ccc2c(c1)OC1(CCCCC1)O2. The molecule has 3 heteroatoms. The maximum atomic E-state index is 10.4. The van der Waals surface area contributed by atoms with Crippen LogP contribution in [0.4, 0.5) is 0 Å². The van der Waals surface area contributed by atoms with Gasteiger partial charge in [0.2, 0.25) is 0 Å². The summed E-state index contributed by atoms with van der Waals surface area (Å²) in [4.78, 5) is 10.4. The Morgan fingerprint density at radius 1 is 1.11 bits per heavy atom. The smallest absolute Gasteiger partial charge is 0.251 e. The number of benzene rings is 1. The van der Waals surface area contributed by atoms with Crippen molar-refractivity contribution in [3.8, 4) is 11.5 Å². The van der Waals surface area contributed by atoms with E-state index in [9.17, 15) is 4.79 Å². The van der Waals surface area contributed by atoms with E-state index in [-0.39, 0.29) is 0 Å². The Kier molecular flexibility index (Phi) is 2.98. The van der Waals surface area contributed by atoms with Crippen LogP contribution in [0, 0.1) is 0 Å². The normalized spacial score (nSPS) is 20.0. The lowest BCUT2D eigenvalue weighted by Crippen LogP contribution is -2.40. The lowest BCUT2D eigenvalue weighted by molar-refractivity contribution is -0.108. The molecule has 1 heterocycles. The topological polar surface area (TPSA) is 35.5 Å². The number of hydrogen-bond donors (Lipinski definition) is 0. The van der Waals surface area contributed by atoms with E-state index in [0.717, 1.165) is 42.6 Å². The molecule has 0 unspecified atom stereocenters. The molecule has 1 aromatic carbocycles. The summed E-state index contributed by atoms with van der Waals surface area (Å²) in [6, 6.07) is 6.01. The third-order valence-electron chi connectivity index (χ3n) is 3.77. The van der Waals surface area contributed by atoms with Crippen molar-refractivity contribution in [1.29, 1.82) is 0 Å². The zero-order valence-corrected chi connectivity index (χ0v) is 10.5. The Balaban J connectivity index is 1.77. The van der Waals surface area contributed by atoms with Gasteiger partial charge in [-0.1, -0.05) is 12.5 Å². The van der Waals surface area contributed by atoms with Crippen molar-refractivity contribution in [2.24, 2.45) is 0 Å². The summed E-state index contributed by atoms with van der Waals surface area (Å²) in [6.07, 6.45) is 7.86. The Morgan fingerprint density at radius 2 is 1.89 bits per heavy atom. The van der Waals surface area contributed by atoms with E-state index in [1.165, 1.54) is 19.3 Å². The molecule has 1 aliphatic carbocycles. The third kappa shape index (κ3) is 2.09. The second kappa shape index (κ2) is 4.63. The number of carbonyl (C=O) groups is 1. The van der Waals surface area contributed by atoms with E-state index in [4.69, 9.17) is 9.47 Å². The van der Waals surface area contributed by atoms with Crippen LogP contribution in [0.15, 0.2) is 18.2 Å². The van der Waals surface area contributed by atoms with E-state index >= 15 is 0 Å². The van der Waals surface area contributed by atoms with Crippen LogP contribution in [0.2, 0.25) is 0 Å². The maximum absolute atomic E-state index is 10.4. The molecule has 0 radical (unpaired) electrons. The molecule has 0 atom stereocenters. The highest BCUT2D eigenvalue weighted by molar-refractivity contribution is 5.51. The quantitative estimate of drug-likeness (QED) is 0.768. The van der Waals surface area contributed by atoms with Gasteiger partial charge in [0.15, 0.2) is 11.5 Å². The molecule has 3 nitrogen and oxygen atoms in total. The van der Waals surface area contributed by atoms with Crippen molar-refractivity contribution >= 4 is 6.29 Å². The van der Waals surface area contributed by atoms with E-state index in [0.29, 0.717) is 6.42 Å². The highest BCUT2D eigenvalue weighted by Gasteiger charge is 2.42. The van der Waals surface area contributed by atoms with Crippen molar-refractivity contribution in [2.75, 3.05) is 0 Å². The van der Waals surface area contributed by atoms with Gasteiger partial charge < -0.3 is 14.3 Å². The molecule has 18 heavy (non-hydrogen) atoms. The molecule has 1 saturated carbocycles. The molecule has 0 N–H and O–H groups in total. The first kappa shape index (κ1) is 11.6. The summed E-state index contributed by atoms with van der Waals surface area (Å²) >= 11 is 0. The first-order chi connectivity index (χ1) is 8.81. The standard InChI is InChI=1S/C15H18O3/c16-10-4-5-12-6-7-13-14(11-12)18-15(17-13)8-2-1-3-9-15/h6-7,10-11H,1-5,8-9H2. The van der Waals surface area contributed by atoms with Gasteiger partial charge >= 0.3 is 0 Å². The van der Waals surface area contributed by atoms with Gasteiger partial charge in [-0.05, 0) is 37.0 Å². The highest BCUT2D eigenvalue weighted by atomic mass is 16.7. The fourth-order valence-corrected chi connectivity index (χ4v) is 2.81. The zero-order valence-electron chi connectivity index (χ0n) is 10.5. The number of aryl methyl sites for hydroxylation is 1. The van der Waals surface area contributed by atoms with Gasteiger partial charge in [-0.3, -0.25) is 0 Å². The van der Waals surface area contributed by atoms with Crippen molar-refractivity contribution in [3.05, 3.63) is 23.8 Å². The molecule has 0 aromatic heterocycles. The van der Waals surface area contributed by atoms with Crippen LogP contribution >= 0.6 is 0 Å². The Bertz CT molecular complexity index is 447. The average molecular weight is 246 g/mol. The van der Waals surface area contributed by atoms with Crippen LogP contribution in [0.3, 0.4) is 0 Å². The summed E-state index contributed by atoms with van der Waals surface area (Å²) in [6.45, 7) is 0. The van der Waals surface area contributed by atoms with Gasteiger partial charge in [0.25, 0.3) is 5.79 Å². The lowest BCUT2D eigenvalue weighted by Gasteiger charge is -2.31. The second-order valence-corrected chi connectivity index (χ2v) is 5.16. The predicted octanol–water partition coefficient (Wildman–Crippen LogP) is 3.25. The highest BCUT2D eigenvalue weighted by Crippen LogP contribution is 2.45. The van der Waals surface area contributed by atoms with Gasteiger partial charge in [-0.15, -0.1) is 0 Å². The third-order valence-corrected chi connectivity index (χ3v) is 3.77. The summed E-state index contributed by atoms with van der Waals surface area (Å²) in [7, 11) is 0. The van der Waals surface area contributed by atoms with Crippen LogP contribution in [-0.2, 0) is 11.2 Å². The first-order valence-corrected chi connectivity index (χ1v) is 6.76. The molecule has 1 spiro atoms. The zero-order chi connectivity index (χ0) is 12.4. The largest absolute Gasteiger partial charge is 0.448 e. The Labute approximate surface area is 107 Å². The van der Waals surface area contributed by atoms with Gasteiger partial charge in [0.1, 0.15) is 6.29 Å². The minimum absolute atomic E-state index is 0.399. The van der Waals surface area contributed by atoms with E-state index in [1.54, 1.807) is 0 Å². The molecule has 0 saturated heterocycles. The molecule has 3 rings (SSSR count). The van der Waals surface area contributed by atoms with Crippen LogP contribution in [0.25, 0.3) is 0 Å². The van der Waals surface area contributed by atoms with Crippen LogP contribution in [0.5, 0.6) is 11.5 Å². The average Bonchev–Trinajstić information content (AvgIpc) is 2.73. The monoisotopic (exact) mass is 246 g/mol. The van der Waals surface area contributed by atoms with Gasteiger partial charge in [-0.25, -0.2) is 0 Å². The summed E-state index contributed by atoms with van der Waals surface area (Å²) < 4.78 is 12.0. The number of carbonyl (C=O) groups excluding carboxylic acids is 1. The van der Waals surface area contributed by atoms with Crippen molar-refractivity contribution < 1.29 is 14.3 Å². The van der Waals surface area contributed by atoms with Crippen molar-refractivity contribution in [3.63, 3.8) is 0 Å². The fraction of sp³-hybridized carbons (Fsp3) is 0.533. The molecule has 0 bridgehead atoms. The minimum Gasteiger partial charge on any atom is -0.448 e. The van der Waals surface area contributed by atoms with Gasteiger partial charge in [0.05, 0.1) is 0 Å². The molecule has 2 aliphatic rings. The van der Waals surface area contributed by atoms with Crippen molar-refractivity contribution in [2.45, 2.75) is 50.7 Å². The molecule has 1 aromatic rings. The van der Waals surface area contributed by atoms with E-state index in [2.05, 4.69) is 0 Å². The number of fused-ring (bicyclic) bond motifs is 1. The maximum Gasteiger partial charge on any atom is 0.251 e. The number of ether oxygens (including phenoxy) is 2. The number of rotatable bonds is 3. The Hall–Kier alpha value is -1.51. The lowest BCUT2D eigenvalue weighted by atomic mass is 9.94. The second-order valence-electron chi connectivity index (χ2n) is 5.16.